The van der Waals surface area contributed by atoms with E-state index in [9.17, 15) is 9.59 Å². The Morgan fingerprint density at radius 3 is 2.03 bits per heavy atom. The number of nitrogens with zero attached hydrogens (tertiary/aromatic N) is 3. The fourth-order valence-corrected chi connectivity index (χ4v) is 4.50. The molecule has 2 heterocycles. The van der Waals surface area contributed by atoms with Gasteiger partial charge in [-0.1, -0.05) is 42.5 Å². The molecule has 0 bridgehead atoms. The van der Waals surface area contributed by atoms with Crippen LogP contribution in [0.25, 0.3) is 5.57 Å². The summed E-state index contributed by atoms with van der Waals surface area (Å²) in [4.78, 5) is 32.6. The van der Waals surface area contributed by atoms with Crippen molar-refractivity contribution in [3.63, 3.8) is 0 Å². The van der Waals surface area contributed by atoms with Crippen molar-refractivity contribution < 1.29 is 14.3 Å². The van der Waals surface area contributed by atoms with Gasteiger partial charge in [0.1, 0.15) is 11.4 Å². The summed E-state index contributed by atoms with van der Waals surface area (Å²) in [5.41, 5.74) is 3.08. The molecule has 0 unspecified atom stereocenters. The van der Waals surface area contributed by atoms with Crippen LogP contribution in [0.5, 0.6) is 5.75 Å². The van der Waals surface area contributed by atoms with Crippen molar-refractivity contribution in [3.8, 4) is 5.75 Å². The van der Waals surface area contributed by atoms with Crippen LogP contribution in [0.2, 0.25) is 0 Å². The lowest BCUT2D eigenvalue weighted by atomic mass is 10.0. The van der Waals surface area contributed by atoms with Crippen molar-refractivity contribution in [2.75, 3.05) is 26.2 Å². The molecule has 0 N–H and O–H groups in total. The van der Waals surface area contributed by atoms with Crippen molar-refractivity contribution in [2.24, 2.45) is 0 Å². The highest BCUT2D eigenvalue weighted by Crippen LogP contribution is 2.34. The van der Waals surface area contributed by atoms with Gasteiger partial charge in [0.15, 0.2) is 0 Å². The number of piperazine rings is 1. The molecule has 6 heteroatoms. The van der Waals surface area contributed by atoms with E-state index in [1.807, 2.05) is 58.0 Å². The quantitative estimate of drug-likeness (QED) is 0.605. The Balaban J connectivity index is 1.58. The molecule has 2 aromatic carbocycles. The van der Waals surface area contributed by atoms with E-state index in [2.05, 4.69) is 34.1 Å². The van der Waals surface area contributed by atoms with Gasteiger partial charge in [0.2, 0.25) is 0 Å². The lowest BCUT2D eigenvalue weighted by Crippen LogP contribution is -2.47. The highest BCUT2D eigenvalue weighted by molar-refractivity contribution is 6.35. The number of ether oxygens (including phenoxy) is 1. The largest absolute Gasteiger partial charge is 0.491 e. The first-order valence-corrected chi connectivity index (χ1v) is 11.8. The highest BCUT2D eigenvalue weighted by atomic mass is 16.5. The average molecular weight is 448 g/mol. The molecule has 0 spiro atoms. The number of benzene rings is 2. The standard InChI is InChI=1S/C27H33N3O3/c1-19(2)30-26(31)24(22-10-12-23(13-11-22)33-20(3)4)25(27(30)32)29-16-14-28(15-17-29)18-21-8-6-5-7-9-21/h5-13,19-20H,14-18H2,1-4H3. The van der Waals surface area contributed by atoms with E-state index in [1.54, 1.807) is 0 Å². The van der Waals surface area contributed by atoms with Crippen LogP contribution in [0, 0.1) is 0 Å². The molecule has 6 nitrogen and oxygen atoms in total. The van der Waals surface area contributed by atoms with E-state index in [-0.39, 0.29) is 24.0 Å². The number of carbonyl (C=O) groups is 2. The molecule has 33 heavy (non-hydrogen) atoms. The van der Waals surface area contributed by atoms with Gasteiger partial charge in [0, 0.05) is 38.8 Å². The van der Waals surface area contributed by atoms with Gasteiger partial charge in [-0.15, -0.1) is 0 Å². The molecule has 174 valence electrons. The number of imide groups is 1. The van der Waals surface area contributed by atoms with E-state index in [4.69, 9.17) is 4.74 Å². The second-order valence-corrected chi connectivity index (χ2v) is 9.24. The summed E-state index contributed by atoms with van der Waals surface area (Å²) in [5.74, 6) is 0.348. The molecule has 0 aliphatic carbocycles. The fraction of sp³-hybridized carbons (Fsp3) is 0.407. The van der Waals surface area contributed by atoms with Crippen LogP contribution in [-0.4, -0.2) is 64.8 Å². The van der Waals surface area contributed by atoms with Crippen molar-refractivity contribution >= 4 is 17.4 Å². The summed E-state index contributed by atoms with van der Waals surface area (Å²) in [6.45, 7) is 11.7. The Bertz CT molecular complexity index is 1020. The average Bonchev–Trinajstić information content (AvgIpc) is 3.05. The monoisotopic (exact) mass is 447 g/mol. The van der Waals surface area contributed by atoms with Crippen molar-refractivity contribution in [3.05, 3.63) is 71.4 Å². The molecule has 2 aliphatic heterocycles. The molecule has 1 saturated heterocycles. The van der Waals surface area contributed by atoms with Crippen LogP contribution in [-0.2, 0) is 16.1 Å². The van der Waals surface area contributed by atoms with E-state index in [0.29, 0.717) is 24.4 Å². The Morgan fingerprint density at radius 1 is 0.818 bits per heavy atom. The first kappa shape index (κ1) is 23.1. The number of hydrogen-bond donors (Lipinski definition) is 0. The summed E-state index contributed by atoms with van der Waals surface area (Å²) in [6, 6.07) is 17.7. The molecule has 2 aromatic rings. The first-order chi connectivity index (χ1) is 15.8. The van der Waals surface area contributed by atoms with Gasteiger partial charge in [-0.05, 0) is 51.0 Å². The molecule has 0 aromatic heterocycles. The molecule has 0 radical (unpaired) electrons. The van der Waals surface area contributed by atoms with Gasteiger partial charge >= 0.3 is 0 Å². The molecule has 4 rings (SSSR count). The van der Waals surface area contributed by atoms with E-state index >= 15 is 0 Å². The van der Waals surface area contributed by atoms with Gasteiger partial charge < -0.3 is 9.64 Å². The zero-order chi connectivity index (χ0) is 23.5. The minimum atomic E-state index is -0.214. The van der Waals surface area contributed by atoms with Gasteiger partial charge in [-0.25, -0.2) is 0 Å². The minimum Gasteiger partial charge on any atom is -0.491 e. The Kier molecular flexibility index (Phi) is 6.84. The van der Waals surface area contributed by atoms with Crippen LogP contribution in [0.4, 0.5) is 0 Å². The van der Waals surface area contributed by atoms with Crippen LogP contribution in [0.15, 0.2) is 60.3 Å². The lowest BCUT2D eigenvalue weighted by Gasteiger charge is -2.36. The third-order valence-electron chi connectivity index (χ3n) is 6.06. The predicted molar refractivity (Wildman–Crippen MR) is 129 cm³/mol. The maximum absolute atomic E-state index is 13.4. The molecular weight excluding hydrogens is 414 g/mol. The summed E-state index contributed by atoms with van der Waals surface area (Å²) >= 11 is 0. The van der Waals surface area contributed by atoms with Crippen molar-refractivity contribution in [1.29, 1.82) is 0 Å². The van der Waals surface area contributed by atoms with E-state index < -0.39 is 0 Å². The molecule has 1 fully saturated rings. The molecule has 0 saturated carbocycles. The number of carbonyl (C=O) groups excluding carboxylic acids is 2. The zero-order valence-corrected chi connectivity index (χ0v) is 20.0. The SMILES string of the molecule is CC(C)Oc1ccc(C2=C(N3CCN(Cc4ccccc4)CC3)C(=O)N(C(C)C)C2=O)cc1. The minimum absolute atomic E-state index is 0.0731. The highest BCUT2D eigenvalue weighted by Gasteiger charge is 2.43. The zero-order valence-electron chi connectivity index (χ0n) is 20.0. The van der Waals surface area contributed by atoms with Crippen molar-refractivity contribution in [1.82, 2.24) is 14.7 Å². The summed E-state index contributed by atoms with van der Waals surface area (Å²) in [6.07, 6.45) is 0.0731. The van der Waals surface area contributed by atoms with Crippen LogP contribution < -0.4 is 4.74 Å². The van der Waals surface area contributed by atoms with Crippen LogP contribution in [0.3, 0.4) is 0 Å². The third kappa shape index (κ3) is 4.96. The molecule has 2 aliphatic rings. The second kappa shape index (κ2) is 9.79. The number of amides is 2. The van der Waals surface area contributed by atoms with Gasteiger partial charge in [0.05, 0.1) is 11.7 Å². The smallest absolute Gasteiger partial charge is 0.278 e. The Morgan fingerprint density at radius 2 is 1.45 bits per heavy atom. The summed E-state index contributed by atoms with van der Waals surface area (Å²) in [7, 11) is 0. The lowest BCUT2D eigenvalue weighted by molar-refractivity contribution is -0.139. The van der Waals surface area contributed by atoms with Gasteiger partial charge in [-0.2, -0.15) is 0 Å². The molecule has 2 amide bonds. The second-order valence-electron chi connectivity index (χ2n) is 9.24. The third-order valence-corrected chi connectivity index (χ3v) is 6.06. The summed E-state index contributed by atoms with van der Waals surface area (Å²) in [5, 5.41) is 0. The maximum atomic E-state index is 13.4. The van der Waals surface area contributed by atoms with Crippen molar-refractivity contribution in [2.45, 2.75) is 46.4 Å². The Labute approximate surface area is 196 Å². The molecular formula is C27H33N3O3. The normalized spacial score (nSPS) is 17.6. The van der Waals surface area contributed by atoms with Crippen LogP contribution >= 0.6 is 0 Å². The van der Waals surface area contributed by atoms with E-state index in [0.717, 1.165) is 30.9 Å². The first-order valence-electron chi connectivity index (χ1n) is 11.8. The predicted octanol–water partition coefficient (Wildman–Crippen LogP) is 3.78. The topological polar surface area (TPSA) is 53.1 Å². The maximum Gasteiger partial charge on any atom is 0.278 e. The van der Waals surface area contributed by atoms with Crippen LogP contribution in [0.1, 0.15) is 38.8 Å². The number of hydrogen-bond acceptors (Lipinski definition) is 5. The van der Waals surface area contributed by atoms with Gasteiger partial charge in [0.25, 0.3) is 11.8 Å². The van der Waals surface area contributed by atoms with Gasteiger partial charge in [-0.3, -0.25) is 19.4 Å². The Hall–Kier alpha value is -3.12. The summed E-state index contributed by atoms with van der Waals surface area (Å²) < 4.78 is 5.75. The number of rotatable bonds is 7. The van der Waals surface area contributed by atoms with E-state index in [1.165, 1.54) is 10.5 Å². The molecule has 0 atom stereocenters. The fourth-order valence-electron chi connectivity index (χ4n) is 4.50.